The highest BCUT2D eigenvalue weighted by molar-refractivity contribution is 7.81. The van der Waals surface area contributed by atoms with Gasteiger partial charge in [0, 0.05) is 26.0 Å². The second-order valence-electron chi connectivity index (χ2n) is 15.6. The molecular formula is C45H95NO10S. The van der Waals surface area contributed by atoms with E-state index < -0.39 is 34.7 Å². The lowest BCUT2D eigenvalue weighted by atomic mass is 10.0. The lowest BCUT2D eigenvalue weighted by Crippen LogP contribution is -2.37. The standard InChI is InChI=1S/2C18H36O2.C7H17NO5S.C2H6O/c2*1-2-3-4-5-6-7-8-9-10-11-12-13-14-15-16-17-18(19)20;1-6(9)5-8(3)7(2)13-14(10,11)12-4;1-2-3/h2*2-17H2,1H3,(H,19,20);6-7,9H,5H2,1-4H3;3H,2H2,1H3. The summed E-state index contributed by atoms with van der Waals surface area (Å²) in [6.07, 6.45) is 39.2. The lowest BCUT2D eigenvalue weighted by Gasteiger charge is -2.24. The van der Waals surface area contributed by atoms with Crippen molar-refractivity contribution in [2.75, 3.05) is 27.3 Å². The zero-order valence-corrected chi connectivity index (χ0v) is 39.1. The van der Waals surface area contributed by atoms with Gasteiger partial charge < -0.3 is 20.4 Å². The van der Waals surface area contributed by atoms with E-state index in [2.05, 4.69) is 22.2 Å². The molecule has 0 spiro atoms. The monoisotopic (exact) mass is 842 g/mol. The Bertz CT molecular complexity index is 861. The van der Waals surface area contributed by atoms with Crippen LogP contribution in [0, 0.1) is 0 Å². The number of hydrogen-bond donors (Lipinski definition) is 4. The van der Waals surface area contributed by atoms with Crippen LogP contribution in [-0.2, 0) is 28.4 Å². The Balaban J connectivity index is -0.000000362. The van der Waals surface area contributed by atoms with E-state index in [1.807, 2.05) is 0 Å². The molecule has 2 atom stereocenters. The number of rotatable bonds is 38. The molecule has 0 aliphatic rings. The van der Waals surface area contributed by atoms with Crippen molar-refractivity contribution in [2.24, 2.45) is 0 Å². The van der Waals surface area contributed by atoms with Crippen LogP contribution in [0.15, 0.2) is 0 Å². The summed E-state index contributed by atoms with van der Waals surface area (Å²) in [5, 5.41) is 33.7. The SMILES string of the molecule is CCCCCCCCCCCCCCCCCC(=O)O.CCCCCCCCCCCCCCCCCC(=O)O.CCO.COS(=O)(=O)OC(C)N(C)CC(C)O. The molecule has 0 bridgehead atoms. The quantitative estimate of drug-likeness (QED) is 0.0344. The van der Waals surface area contributed by atoms with Crippen molar-refractivity contribution in [3.63, 3.8) is 0 Å². The third kappa shape index (κ3) is 64.0. The molecule has 0 aliphatic heterocycles. The predicted molar refractivity (Wildman–Crippen MR) is 238 cm³/mol. The Hall–Kier alpha value is -1.31. The number of carboxylic acid groups (broad SMARTS) is 2. The Morgan fingerprint density at radius 2 is 0.754 bits per heavy atom. The van der Waals surface area contributed by atoms with E-state index in [-0.39, 0.29) is 6.61 Å². The van der Waals surface area contributed by atoms with Crippen molar-refractivity contribution in [1.29, 1.82) is 0 Å². The van der Waals surface area contributed by atoms with Gasteiger partial charge in [0.1, 0.15) is 6.23 Å². The van der Waals surface area contributed by atoms with Gasteiger partial charge in [-0.1, -0.05) is 194 Å². The third-order valence-corrected chi connectivity index (χ3v) is 10.5. The van der Waals surface area contributed by atoms with Crippen LogP contribution >= 0.6 is 0 Å². The maximum Gasteiger partial charge on any atom is 0.401 e. The molecule has 0 aromatic rings. The highest BCUT2D eigenvalue weighted by atomic mass is 32.3. The summed E-state index contributed by atoms with van der Waals surface area (Å²) in [6, 6.07) is 0. The Labute approximate surface area is 352 Å². The molecule has 0 aliphatic carbocycles. The summed E-state index contributed by atoms with van der Waals surface area (Å²) >= 11 is 0. The molecule has 346 valence electrons. The molecule has 0 aromatic heterocycles. The lowest BCUT2D eigenvalue weighted by molar-refractivity contribution is -0.138. The summed E-state index contributed by atoms with van der Waals surface area (Å²) in [6.45, 7) is 9.95. The van der Waals surface area contributed by atoms with E-state index in [9.17, 15) is 18.0 Å². The largest absolute Gasteiger partial charge is 0.481 e. The Morgan fingerprint density at radius 3 is 0.947 bits per heavy atom. The summed E-state index contributed by atoms with van der Waals surface area (Å²) in [5.41, 5.74) is 0. The number of likely N-dealkylation sites (N-methyl/N-ethyl adjacent to an activating group) is 1. The van der Waals surface area contributed by atoms with Crippen molar-refractivity contribution in [1.82, 2.24) is 4.90 Å². The van der Waals surface area contributed by atoms with Crippen molar-refractivity contribution in [3.05, 3.63) is 0 Å². The van der Waals surface area contributed by atoms with Gasteiger partial charge in [-0.05, 0) is 40.7 Å². The maximum atomic E-state index is 10.9. The van der Waals surface area contributed by atoms with Gasteiger partial charge in [0.15, 0.2) is 0 Å². The van der Waals surface area contributed by atoms with Crippen LogP contribution in [0.2, 0.25) is 0 Å². The van der Waals surface area contributed by atoms with Crippen LogP contribution in [-0.4, -0.2) is 85.3 Å². The number of carbonyl (C=O) groups is 2. The minimum atomic E-state index is -3.92. The molecule has 11 nitrogen and oxygen atoms in total. The van der Waals surface area contributed by atoms with Gasteiger partial charge >= 0.3 is 22.3 Å². The number of nitrogens with zero attached hydrogens (tertiary/aromatic N) is 1. The highest BCUT2D eigenvalue weighted by Crippen LogP contribution is 2.15. The van der Waals surface area contributed by atoms with Crippen LogP contribution in [0.1, 0.15) is 240 Å². The maximum absolute atomic E-state index is 10.9. The Morgan fingerprint density at radius 1 is 0.526 bits per heavy atom. The zero-order valence-electron chi connectivity index (χ0n) is 38.3. The van der Waals surface area contributed by atoms with E-state index >= 15 is 0 Å². The van der Waals surface area contributed by atoms with Gasteiger partial charge in [-0.15, -0.1) is 0 Å². The number of unbranched alkanes of at least 4 members (excludes halogenated alkanes) is 28. The molecule has 0 saturated heterocycles. The van der Waals surface area contributed by atoms with E-state index in [0.29, 0.717) is 19.4 Å². The molecule has 12 heteroatoms. The summed E-state index contributed by atoms with van der Waals surface area (Å²) < 4.78 is 30.5. The number of aliphatic hydroxyl groups is 2. The van der Waals surface area contributed by atoms with Crippen molar-refractivity contribution in [2.45, 2.75) is 252 Å². The second-order valence-corrected chi connectivity index (χ2v) is 16.9. The normalized spacial score (nSPS) is 12.1. The van der Waals surface area contributed by atoms with Gasteiger partial charge in [0.2, 0.25) is 0 Å². The first kappa shape index (κ1) is 62.3. The summed E-state index contributed by atoms with van der Waals surface area (Å²) in [7, 11) is -1.26. The molecule has 4 N–H and O–H groups in total. The number of aliphatic carboxylic acids is 2. The number of aliphatic hydroxyl groups excluding tert-OH is 2. The van der Waals surface area contributed by atoms with Crippen molar-refractivity contribution in [3.8, 4) is 0 Å². The minimum Gasteiger partial charge on any atom is -0.481 e. The summed E-state index contributed by atoms with van der Waals surface area (Å²) in [5.74, 6) is -1.31. The molecule has 0 rings (SSSR count). The average Bonchev–Trinajstić information content (AvgIpc) is 3.15. The van der Waals surface area contributed by atoms with Gasteiger partial charge in [-0.2, -0.15) is 8.42 Å². The first-order chi connectivity index (χ1) is 27.2. The highest BCUT2D eigenvalue weighted by Gasteiger charge is 2.19. The van der Waals surface area contributed by atoms with E-state index in [1.54, 1.807) is 32.7 Å². The molecule has 57 heavy (non-hydrogen) atoms. The van der Waals surface area contributed by atoms with Gasteiger partial charge in [0.25, 0.3) is 0 Å². The van der Waals surface area contributed by atoms with Crippen LogP contribution in [0.4, 0.5) is 0 Å². The smallest absolute Gasteiger partial charge is 0.401 e. The average molecular weight is 842 g/mol. The fourth-order valence-corrected chi connectivity index (χ4v) is 6.71. The molecule has 0 aromatic carbocycles. The first-order valence-electron chi connectivity index (χ1n) is 23.2. The second kappa shape index (κ2) is 50.8. The molecule has 0 radical (unpaired) electrons. The molecule has 0 heterocycles. The fraction of sp³-hybridized carbons (Fsp3) is 0.956. The van der Waals surface area contributed by atoms with Crippen molar-refractivity contribution < 1.29 is 46.8 Å². The van der Waals surface area contributed by atoms with Crippen LogP contribution < -0.4 is 0 Å². The van der Waals surface area contributed by atoms with Crippen molar-refractivity contribution >= 4 is 22.3 Å². The number of carboxylic acids is 2. The van der Waals surface area contributed by atoms with E-state index in [4.69, 9.17) is 20.4 Å². The van der Waals surface area contributed by atoms with Crippen LogP contribution in [0.5, 0.6) is 0 Å². The first-order valence-corrected chi connectivity index (χ1v) is 24.5. The fourth-order valence-electron chi connectivity index (χ4n) is 6.14. The Kier molecular flexibility index (Phi) is 55.6. The predicted octanol–water partition coefficient (Wildman–Crippen LogP) is 12.2. The molecule has 2 unspecified atom stereocenters. The van der Waals surface area contributed by atoms with E-state index in [1.165, 1.54) is 167 Å². The summed E-state index contributed by atoms with van der Waals surface area (Å²) in [4.78, 5) is 22.2. The van der Waals surface area contributed by atoms with Gasteiger partial charge in [-0.25, -0.2) is 4.18 Å². The minimum absolute atomic E-state index is 0.250. The van der Waals surface area contributed by atoms with Crippen LogP contribution in [0.3, 0.4) is 0 Å². The molecular weight excluding hydrogens is 747 g/mol. The molecule has 0 fully saturated rings. The van der Waals surface area contributed by atoms with Gasteiger partial charge in [-0.3, -0.25) is 18.7 Å². The molecule has 0 amide bonds. The number of hydrogen-bond acceptors (Lipinski definition) is 9. The molecule has 0 saturated carbocycles. The topological polar surface area (TPSA) is 171 Å². The zero-order chi connectivity index (χ0) is 43.8. The third-order valence-electron chi connectivity index (χ3n) is 9.62. The van der Waals surface area contributed by atoms with E-state index in [0.717, 1.165) is 32.8 Å². The van der Waals surface area contributed by atoms with Gasteiger partial charge in [0.05, 0.1) is 13.2 Å². The van der Waals surface area contributed by atoms with Crippen LogP contribution in [0.25, 0.3) is 0 Å².